The predicted molar refractivity (Wildman–Crippen MR) is 82.8 cm³/mol. The molecule has 100 valence electrons. The molecule has 0 fully saturated rings. The van der Waals surface area contributed by atoms with E-state index in [1.807, 2.05) is 18.2 Å². The molecular formula is C17H20OS. The summed E-state index contributed by atoms with van der Waals surface area (Å²) in [5.41, 5.74) is 4.77. The highest BCUT2D eigenvalue weighted by molar-refractivity contribution is 7.99. The average Bonchev–Trinajstić information content (AvgIpc) is 2.40. The lowest BCUT2D eigenvalue weighted by molar-refractivity contribution is 0.204. The molecule has 0 bridgehead atoms. The number of aliphatic hydroxyl groups excluding tert-OH is 1. The van der Waals surface area contributed by atoms with E-state index in [0.29, 0.717) is 5.75 Å². The van der Waals surface area contributed by atoms with Crippen LogP contribution in [0.2, 0.25) is 0 Å². The fourth-order valence-electron chi connectivity index (χ4n) is 1.96. The lowest BCUT2D eigenvalue weighted by atomic mass is 10.0. The first-order chi connectivity index (χ1) is 9.08. The third-order valence-electron chi connectivity index (χ3n) is 3.41. The minimum absolute atomic E-state index is 0.413. The Kier molecular flexibility index (Phi) is 4.67. The maximum absolute atomic E-state index is 10.3. The second kappa shape index (κ2) is 6.27. The molecule has 2 aromatic rings. The molecule has 19 heavy (non-hydrogen) atoms. The Balaban J connectivity index is 2.03. The fourth-order valence-corrected chi connectivity index (χ4v) is 2.96. The molecule has 2 rings (SSSR count). The molecule has 1 atom stereocenters. The molecule has 0 radical (unpaired) electrons. The Bertz CT molecular complexity index is 563. The first kappa shape index (κ1) is 14.2. The molecule has 0 aromatic heterocycles. The number of rotatable bonds is 4. The van der Waals surface area contributed by atoms with Crippen LogP contribution in [0.3, 0.4) is 0 Å². The molecule has 0 aliphatic heterocycles. The zero-order valence-electron chi connectivity index (χ0n) is 11.7. The monoisotopic (exact) mass is 272 g/mol. The van der Waals surface area contributed by atoms with Gasteiger partial charge in [0.1, 0.15) is 0 Å². The average molecular weight is 272 g/mol. The molecule has 0 heterocycles. The third-order valence-corrected chi connectivity index (χ3v) is 4.66. The first-order valence-electron chi connectivity index (χ1n) is 6.51. The molecule has 0 spiro atoms. The van der Waals surface area contributed by atoms with Crippen molar-refractivity contribution in [3.8, 4) is 0 Å². The van der Waals surface area contributed by atoms with Gasteiger partial charge in [0, 0.05) is 10.6 Å². The van der Waals surface area contributed by atoms with Crippen LogP contribution < -0.4 is 0 Å². The summed E-state index contributed by atoms with van der Waals surface area (Å²) in [6.07, 6.45) is -0.413. The Morgan fingerprint density at radius 2 is 1.68 bits per heavy atom. The van der Waals surface area contributed by atoms with Crippen LogP contribution in [0.4, 0.5) is 0 Å². The van der Waals surface area contributed by atoms with Gasteiger partial charge in [0.15, 0.2) is 0 Å². The maximum atomic E-state index is 10.3. The van der Waals surface area contributed by atoms with Gasteiger partial charge in [0.05, 0.1) is 6.10 Å². The second-order valence-corrected chi connectivity index (χ2v) is 6.00. The van der Waals surface area contributed by atoms with Gasteiger partial charge in [-0.1, -0.05) is 36.4 Å². The Morgan fingerprint density at radius 1 is 0.947 bits per heavy atom. The highest BCUT2D eigenvalue weighted by atomic mass is 32.2. The normalized spacial score (nSPS) is 12.4. The molecule has 1 unspecified atom stereocenters. The van der Waals surface area contributed by atoms with Gasteiger partial charge < -0.3 is 5.11 Å². The Hall–Kier alpha value is -1.25. The van der Waals surface area contributed by atoms with Gasteiger partial charge in [-0.3, -0.25) is 0 Å². The van der Waals surface area contributed by atoms with E-state index in [4.69, 9.17) is 0 Å². The van der Waals surface area contributed by atoms with Crippen molar-refractivity contribution in [3.63, 3.8) is 0 Å². The van der Waals surface area contributed by atoms with Crippen LogP contribution in [0, 0.1) is 20.8 Å². The van der Waals surface area contributed by atoms with Crippen molar-refractivity contribution >= 4 is 11.8 Å². The van der Waals surface area contributed by atoms with E-state index in [-0.39, 0.29) is 0 Å². The summed E-state index contributed by atoms with van der Waals surface area (Å²) in [5, 5.41) is 10.3. The largest absolute Gasteiger partial charge is 0.388 e. The van der Waals surface area contributed by atoms with Gasteiger partial charge in [-0.05, 0) is 49.1 Å². The maximum Gasteiger partial charge on any atom is 0.0884 e. The van der Waals surface area contributed by atoms with Crippen LogP contribution >= 0.6 is 11.8 Å². The number of hydrogen-bond acceptors (Lipinski definition) is 2. The lowest BCUT2D eigenvalue weighted by Crippen LogP contribution is -2.01. The number of hydrogen-bond donors (Lipinski definition) is 1. The topological polar surface area (TPSA) is 20.2 Å². The van der Waals surface area contributed by atoms with Crippen LogP contribution in [-0.4, -0.2) is 10.9 Å². The summed E-state index contributed by atoms with van der Waals surface area (Å²) in [6.45, 7) is 6.28. The number of benzene rings is 2. The fraction of sp³-hybridized carbons (Fsp3) is 0.294. The summed E-state index contributed by atoms with van der Waals surface area (Å²) >= 11 is 1.71. The minimum Gasteiger partial charge on any atom is -0.388 e. The zero-order chi connectivity index (χ0) is 13.8. The molecule has 1 nitrogen and oxygen atoms in total. The van der Waals surface area contributed by atoms with Crippen LogP contribution in [0.25, 0.3) is 0 Å². The number of aliphatic hydroxyl groups is 1. The van der Waals surface area contributed by atoms with E-state index >= 15 is 0 Å². The highest BCUT2D eigenvalue weighted by Crippen LogP contribution is 2.27. The van der Waals surface area contributed by atoms with E-state index in [0.717, 1.165) is 5.56 Å². The first-order valence-corrected chi connectivity index (χ1v) is 7.50. The minimum atomic E-state index is -0.413. The molecular weight excluding hydrogens is 252 g/mol. The summed E-state index contributed by atoms with van der Waals surface area (Å²) < 4.78 is 0. The van der Waals surface area contributed by atoms with Gasteiger partial charge in [0.2, 0.25) is 0 Å². The zero-order valence-corrected chi connectivity index (χ0v) is 12.5. The second-order valence-electron chi connectivity index (χ2n) is 4.94. The Morgan fingerprint density at radius 3 is 2.37 bits per heavy atom. The van der Waals surface area contributed by atoms with E-state index in [1.165, 1.54) is 21.6 Å². The SMILES string of the molecule is Cc1ccc(C(O)CSc2ccccc2C)cc1C. The molecule has 0 amide bonds. The van der Waals surface area contributed by atoms with Crippen molar-refractivity contribution in [2.45, 2.75) is 31.8 Å². The van der Waals surface area contributed by atoms with Gasteiger partial charge in [-0.15, -0.1) is 11.8 Å². The smallest absolute Gasteiger partial charge is 0.0884 e. The summed E-state index contributed by atoms with van der Waals surface area (Å²) in [6, 6.07) is 14.5. The van der Waals surface area contributed by atoms with E-state index in [9.17, 15) is 5.11 Å². The third kappa shape index (κ3) is 3.62. The molecule has 1 N–H and O–H groups in total. The molecule has 2 aromatic carbocycles. The standard InChI is InChI=1S/C17H20OS/c1-12-8-9-15(10-14(12)3)16(18)11-19-17-7-5-4-6-13(17)2/h4-10,16,18H,11H2,1-3H3. The van der Waals surface area contributed by atoms with Gasteiger partial charge in [0.25, 0.3) is 0 Å². The number of thioether (sulfide) groups is 1. The van der Waals surface area contributed by atoms with Crippen molar-refractivity contribution in [1.29, 1.82) is 0 Å². The van der Waals surface area contributed by atoms with Gasteiger partial charge in [-0.25, -0.2) is 0 Å². The van der Waals surface area contributed by atoms with E-state index in [1.54, 1.807) is 11.8 Å². The molecule has 0 saturated heterocycles. The van der Waals surface area contributed by atoms with Crippen LogP contribution in [-0.2, 0) is 0 Å². The molecule has 0 aliphatic carbocycles. The van der Waals surface area contributed by atoms with Crippen molar-refractivity contribution in [1.82, 2.24) is 0 Å². The van der Waals surface area contributed by atoms with Crippen molar-refractivity contribution < 1.29 is 5.11 Å². The van der Waals surface area contributed by atoms with Crippen molar-refractivity contribution in [2.75, 3.05) is 5.75 Å². The van der Waals surface area contributed by atoms with Gasteiger partial charge >= 0.3 is 0 Å². The van der Waals surface area contributed by atoms with Crippen LogP contribution in [0.5, 0.6) is 0 Å². The lowest BCUT2D eigenvalue weighted by Gasteiger charge is -2.13. The summed E-state index contributed by atoms with van der Waals surface area (Å²) in [4.78, 5) is 1.24. The molecule has 0 saturated carbocycles. The molecule has 2 heteroatoms. The highest BCUT2D eigenvalue weighted by Gasteiger charge is 2.09. The quantitative estimate of drug-likeness (QED) is 0.830. The summed E-state index contributed by atoms with van der Waals surface area (Å²) in [5.74, 6) is 0.688. The molecule has 0 aliphatic rings. The van der Waals surface area contributed by atoms with Gasteiger partial charge in [-0.2, -0.15) is 0 Å². The van der Waals surface area contributed by atoms with E-state index < -0.39 is 6.10 Å². The summed E-state index contributed by atoms with van der Waals surface area (Å²) in [7, 11) is 0. The predicted octanol–water partition coefficient (Wildman–Crippen LogP) is 4.44. The van der Waals surface area contributed by atoms with Crippen molar-refractivity contribution in [2.24, 2.45) is 0 Å². The van der Waals surface area contributed by atoms with Crippen LogP contribution in [0.1, 0.15) is 28.4 Å². The Labute approximate surface area is 119 Å². The van der Waals surface area contributed by atoms with Crippen molar-refractivity contribution in [3.05, 3.63) is 64.7 Å². The van der Waals surface area contributed by atoms with Crippen LogP contribution in [0.15, 0.2) is 47.4 Å². The number of aryl methyl sites for hydroxylation is 3. The van der Waals surface area contributed by atoms with E-state index in [2.05, 4.69) is 45.0 Å².